The van der Waals surface area contributed by atoms with Crippen LogP contribution in [0.5, 0.6) is 11.5 Å². The Kier molecular flexibility index (Phi) is 5.95. The Morgan fingerprint density at radius 1 is 1.17 bits per heavy atom. The van der Waals surface area contributed by atoms with Crippen LogP contribution in [-0.4, -0.2) is 46.3 Å². The number of nitrogens with zero attached hydrogens (tertiary/aromatic N) is 1. The van der Waals surface area contributed by atoms with Crippen LogP contribution in [0, 0.1) is 0 Å². The summed E-state index contributed by atoms with van der Waals surface area (Å²) in [6.07, 6.45) is 0. The molecular weight excluding hydrogens is 228 g/mol. The second-order valence-electron chi connectivity index (χ2n) is 4.40. The first-order chi connectivity index (χ1) is 8.63. The standard InChI is InChI=1S/C14H24N2O2/c1-6-15-10-12(16(2)3)11-7-8-13(17-4)14(9-11)18-5/h7-9,12,15H,6,10H2,1-5H3. The van der Waals surface area contributed by atoms with Gasteiger partial charge < -0.3 is 19.7 Å². The third-order valence-corrected chi connectivity index (χ3v) is 3.00. The van der Waals surface area contributed by atoms with E-state index in [4.69, 9.17) is 9.47 Å². The fourth-order valence-electron chi connectivity index (χ4n) is 1.94. The zero-order valence-corrected chi connectivity index (χ0v) is 12.0. The minimum absolute atomic E-state index is 0.324. The Balaban J connectivity index is 2.97. The van der Waals surface area contributed by atoms with E-state index in [0.717, 1.165) is 24.6 Å². The smallest absolute Gasteiger partial charge is 0.161 e. The molecule has 0 aliphatic rings. The SMILES string of the molecule is CCNCC(c1ccc(OC)c(OC)c1)N(C)C. The van der Waals surface area contributed by atoms with E-state index >= 15 is 0 Å². The van der Waals surface area contributed by atoms with E-state index in [1.165, 1.54) is 5.56 Å². The molecular formula is C14H24N2O2. The first kappa shape index (κ1) is 14.8. The lowest BCUT2D eigenvalue weighted by molar-refractivity contribution is 0.288. The topological polar surface area (TPSA) is 33.7 Å². The van der Waals surface area contributed by atoms with Crippen LogP contribution in [0.2, 0.25) is 0 Å². The average molecular weight is 252 g/mol. The zero-order chi connectivity index (χ0) is 13.5. The molecule has 102 valence electrons. The quantitative estimate of drug-likeness (QED) is 0.804. The summed E-state index contributed by atoms with van der Waals surface area (Å²) < 4.78 is 10.6. The van der Waals surface area contributed by atoms with Crippen LogP contribution in [0.4, 0.5) is 0 Å². The summed E-state index contributed by atoms with van der Waals surface area (Å²) in [5, 5.41) is 3.38. The van der Waals surface area contributed by atoms with Gasteiger partial charge in [-0.15, -0.1) is 0 Å². The first-order valence-corrected chi connectivity index (χ1v) is 6.23. The van der Waals surface area contributed by atoms with E-state index in [1.807, 2.05) is 12.1 Å². The molecule has 4 heteroatoms. The van der Waals surface area contributed by atoms with Gasteiger partial charge in [-0.1, -0.05) is 13.0 Å². The van der Waals surface area contributed by atoms with Crippen LogP contribution in [0.25, 0.3) is 0 Å². The Labute approximate surface area is 110 Å². The minimum Gasteiger partial charge on any atom is -0.493 e. The molecule has 0 aliphatic heterocycles. The molecule has 18 heavy (non-hydrogen) atoms. The molecule has 0 bridgehead atoms. The molecule has 0 radical (unpaired) electrons. The van der Waals surface area contributed by atoms with E-state index in [9.17, 15) is 0 Å². The Hall–Kier alpha value is -1.26. The van der Waals surface area contributed by atoms with Crippen molar-refractivity contribution >= 4 is 0 Å². The Morgan fingerprint density at radius 2 is 1.83 bits per heavy atom. The molecule has 1 atom stereocenters. The highest BCUT2D eigenvalue weighted by Gasteiger charge is 2.15. The largest absolute Gasteiger partial charge is 0.493 e. The summed E-state index contributed by atoms with van der Waals surface area (Å²) in [6, 6.07) is 6.41. The van der Waals surface area contributed by atoms with Gasteiger partial charge in [0.25, 0.3) is 0 Å². The lowest BCUT2D eigenvalue weighted by Crippen LogP contribution is -2.30. The van der Waals surface area contributed by atoms with Crippen LogP contribution in [0.1, 0.15) is 18.5 Å². The van der Waals surface area contributed by atoms with Crippen LogP contribution in [-0.2, 0) is 0 Å². The summed E-state index contributed by atoms with van der Waals surface area (Å²) in [6.45, 7) is 4.00. The maximum Gasteiger partial charge on any atom is 0.161 e. The first-order valence-electron chi connectivity index (χ1n) is 6.23. The molecule has 0 saturated heterocycles. The Morgan fingerprint density at radius 3 is 2.33 bits per heavy atom. The molecule has 0 heterocycles. The maximum atomic E-state index is 5.35. The minimum atomic E-state index is 0.324. The molecule has 1 aromatic carbocycles. The molecule has 4 nitrogen and oxygen atoms in total. The average Bonchev–Trinajstić information content (AvgIpc) is 2.38. The molecule has 1 aromatic rings. The molecule has 0 aromatic heterocycles. The molecule has 0 saturated carbocycles. The number of rotatable bonds is 7. The van der Waals surface area contributed by atoms with Crippen LogP contribution < -0.4 is 14.8 Å². The van der Waals surface area contributed by atoms with Gasteiger partial charge in [-0.05, 0) is 38.3 Å². The van der Waals surface area contributed by atoms with E-state index in [-0.39, 0.29) is 0 Å². The molecule has 0 spiro atoms. The number of methoxy groups -OCH3 is 2. The van der Waals surface area contributed by atoms with E-state index in [2.05, 4.69) is 37.3 Å². The van der Waals surface area contributed by atoms with Gasteiger partial charge in [0.15, 0.2) is 11.5 Å². The summed E-state index contributed by atoms with van der Waals surface area (Å²) in [4.78, 5) is 2.20. The number of nitrogens with one attached hydrogen (secondary N) is 1. The van der Waals surface area contributed by atoms with Crippen LogP contribution in [0.15, 0.2) is 18.2 Å². The molecule has 0 aliphatic carbocycles. The molecule has 0 amide bonds. The number of likely N-dealkylation sites (N-methyl/N-ethyl adjacent to an activating group) is 2. The maximum absolute atomic E-state index is 5.35. The highest BCUT2D eigenvalue weighted by Crippen LogP contribution is 2.31. The van der Waals surface area contributed by atoms with Crippen molar-refractivity contribution in [3.8, 4) is 11.5 Å². The van der Waals surface area contributed by atoms with Crippen molar-refractivity contribution < 1.29 is 9.47 Å². The molecule has 1 N–H and O–H groups in total. The van der Waals surface area contributed by atoms with Crippen molar-refractivity contribution in [1.29, 1.82) is 0 Å². The van der Waals surface area contributed by atoms with Gasteiger partial charge >= 0.3 is 0 Å². The van der Waals surface area contributed by atoms with Gasteiger partial charge in [-0.3, -0.25) is 0 Å². The van der Waals surface area contributed by atoms with Crippen molar-refractivity contribution in [2.45, 2.75) is 13.0 Å². The van der Waals surface area contributed by atoms with Crippen molar-refractivity contribution in [3.05, 3.63) is 23.8 Å². The zero-order valence-electron chi connectivity index (χ0n) is 12.0. The third kappa shape index (κ3) is 3.62. The normalized spacial score (nSPS) is 12.6. The van der Waals surface area contributed by atoms with E-state index < -0.39 is 0 Å². The summed E-state index contributed by atoms with van der Waals surface area (Å²) in [5.74, 6) is 1.54. The highest BCUT2D eigenvalue weighted by molar-refractivity contribution is 5.43. The summed E-state index contributed by atoms with van der Waals surface area (Å²) in [5.41, 5.74) is 1.22. The van der Waals surface area contributed by atoms with Crippen LogP contribution >= 0.6 is 0 Å². The number of hydrogen-bond acceptors (Lipinski definition) is 4. The van der Waals surface area contributed by atoms with Crippen molar-refractivity contribution in [2.24, 2.45) is 0 Å². The molecule has 1 rings (SSSR count). The predicted octanol–water partition coefficient (Wildman–Crippen LogP) is 1.92. The number of benzene rings is 1. The van der Waals surface area contributed by atoms with Gasteiger partial charge in [0.05, 0.1) is 14.2 Å². The van der Waals surface area contributed by atoms with Crippen molar-refractivity contribution in [1.82, 2.24) is 10.2 Å². The van der Waals surface area contributed by atoms with Gasteiger partial charge in [0, 0.05) is 12.6 Å². The van der Waals surface area contributed by atoms with Crippen molar-refractivity contribution in [2.75, 3.05) is 41.4 Å². The van der Waals surface area contributed by atoms with E-state index in [0.29, 0.717) is 6.04 Å². The van der Waals surface area contributed by atoms with Crippen LogP contribution in [0.3, 0.4) is 0 Å². The lowest BCUT2D eigenvalue weighted by atomic mass is 10.1. The van der Waals surface area contributed by atoms with Gasteiger partial charge in [0.2, 0.25) is 0 Å². The number of hydrogen-bond donors (Lipinski definition) is 1. The fraction of sp³-hybridized carbons (Fsp3) is 0.571. The number of ether oxygens (including phenoxy) is 2. The second-order valence-corrected chi connectivity index (χ2v) is 4.40. The second kappa shape index (κ2) is 7.24. The Bertz CT molecular complexity index is 367. The third-order valence-electron chi connectivity index (χ3n) is 3.00. The predicted molar refractivity (Wildman–Crippen MR) is 74.5 cm³/mol. The monoisotopic (exact) mass is 252 g/mol. The molecule has 0 fully saturated rings. The summed E-state index contributed by atoms with van der Waals surface area (Å²) >= 11 is 0. The van der Waals surface area contributed by atoms with Gasteiger partial charge in [-0.2, -0.15) is 0 Å². The van der Waals surface area contributed by atoms with Crippen molar-refractivity contribution in [3.63, 3.8) is 0 Å². The van der Waals surface area contributed by atoms with Gasteiger partial charge in [0.1, 0.15) is 0 Å². The van der Waals surface area contributed by atoms with E-state index in [1.54, 1.807) is 14.2 Å². The highest BCUT2D eigenvalue weighted by atomic mass is 16.5. The van der Waals surface area contributed by atoms with Gasteiger partial charge in [-0.25, -0.2) is 0 Å². The summed E-state index contributed by atoms with van der Waals surface area (Å²) in [7, 11) is 7.48. The lowest BCUT2D eigenvalue weighted by Gasteiger charge is -2.25. The fourth-order valence-corrected chi connectivity index (χ4v) is 1.94. The molecule has 1 unspecified atom stereocenters.